The molecule has 0 aliphatic heterocycles. The Labute approximate surface area is 108 Å². The van der Waals surface area contributed by atoms with E-state index in [9.17, 15) is 8.42 Å². The molecule has 7 heteroatoms. The molecule has 0 aromatic carbocycles. The SMILES string of the molecule is CCCCCCN(CCO)S(=O)(=O)c1cnc[nH]1. The van der Waals surface area contributed by atoms with Gasteiger partial charge < -0.3 is 10.1 Å². The Kier molecular flexibility index (Phi) is 6.31. The van der Waals surface area contributed by atoms with E-state index in [1.165, 1.54) is 16.8 Å². The maximum atomic E-state index is 12.2. The summed E-state index contributed by atoms with van der Waals surface area (Å²) in [5.41, 5.74) is 0. The van der Waals surface area contributed by atoms with Gasteiger partial charge >= 0.3 is 0 Å². The number of aromatic nitrogens is 2. The van der Waals surface area contributed by atoms with Gasteiger partial charge in [-0.15, -0.1) is 0 Å². The summed E-state index contributed by atoms with van der Waals surface area (Å²) in [4.78, 5) is 6.31. The van der Waals surface area contributed by atoms with Crippen LogP contribution in [0.5, 0.6) is 0 Å². The van der Waals surface area contributed by atoms with E-state index in [0.717, 1.165) is 25.7 Å². The first-order chi connectivity index (χ1) is 8.62. The second-order valence-electron chi connectivity index (χ2n) is 4.10. The topological polar surface area (TPSA) is 86.3 Å². The van der Waals surface area contributed by atoms with Gasteiger partial charge in [0.05, 0.1) is 19.1 Å². The minimum Gasteiger partial charge on any atom is -0.395 e. The van der Waals surface area contributed by atoms with Crippen molar-refractivity contribution in [3.63, 3.8) is 0 Å². The average Bonchev–Trinajstić information content (AvgIpc) is 2.87. The van der Waals surface area contributed by atoms with E-state index in [-0.39, 0.29) is 18.2 Å². The fourth-order valence-corrected chi connectivity index (χ4v) is 3.07. The zero-order valence-electron chi connectivity index (χ0n) is 10.7. The van der Waals surface area contributed by atoms with Crippen molar-refractivity contribution in [2.24, 2.45) is 0 Å². The van der Waals surface area contributed by atoms with Crippen LogP contribution in [0.3, 0.4) is 0 Å². The van der Waals surface area contributed by atoms with E-state index in [1.54, 1.807) is 0 Å². The lowest BCUT2D eigenvalue weighted by Gasteiger charge is -2.20. The van der Waals surface area contributed by atoms with Crippen LogP contribution in [0.4, 0.5) is 0 Å². The molecule has 1 heterocycles. The van der Waals surface area contributed by atoms with E-state index in [0.29, 0.717) is 6.54 Å². The van der Waals surface area contributed by atoms with Crippen LogP contribution in [0.15, 0.2) is 17.6 Å². The van der Waals surface area contributed by atoms with Crippen LogP contribution in [-0.2, 0) is 10.0 Å². The molecule has 0 saturated heterocycles. The number of rotatable bonds is 9. The maximum Gasteiger partial charge on any atom is 0.260 e. The lowest BCUT2D eigenvalue weighted by Crippen LogP contribution is -2.34. The zero-order chi connectivity index (χ0) is 13.4. The molecule has 1 aromatic heterocycles. The quantitative estimate of drug-likeness (QED) is 0.658. The molecule has 1 aromatic rings. The molecule has 0 radical (unpaired) electrons. The van der Waals surface area contributed by atoms with Crippen LogP contribution in [0, 0.1) is 0 Å². The van der Waals surface area contributed by atoms with Crippen molar-refractivity contribution in [1.29, 1.82) is 0 Å². The lowest BCUT2D eigenvalue weighted by atomic mass is 10.2. The first kappa shape index (κ1) is 15.1. The molecule has 0 atom stereocenters. The van der Waals surface area contributed by atoms with Crippen molar-refractivity contribution >= 4 is 10.0 Å². The summed E-state index contributed by atoms with van der Waals surface area (Å²) in [5.74, 6) is 0. The van der Waals surface area contributed by atoms with Gasteiger partial charge in [-0.25, -0.2) is 13.4 Å². The number of imidazole rings is 1. The predicted molar refractivity (Wildman–Crippen MR) is 68.6 cm³/mol. The third-order valence-electron chi connectivity index (χ3n) is 2.70. The number of aliphatic hydroxyl groups is 1. The van der Waals surface area contributed by atoms with E-state index < -0.39 is 10.0 Å². The summed E-state index contributed by atoms with van der Waals surface area (Å²) in [7, 11) is -3.55. The van der Waals surface area contributed by atoms with Gasteiger partial charge in [-0.1, -0.05) is 26.2 Å². The standard InChI is InChI=1S/C11H21N3O3S/c1-2-3-4-5-6-14(7-8-15)18(16,17)11-9-12-10-13-11/h9-10,15H,2-8H2,1H3,(H,12,13). The highest BCUT2D eigenvalue weighted by Crippen LogP contribution is 2.13. The Morgan fingerprint density at radius 1 is 1.33 bits per heavy atom. The summed E-state index contributed by atoms with van der Waals surface area (Å²) in [5, 5.41) is 9.04. The average molecular weight is 275 g/mol. The van der Waals surface area contributed by atoms with Crippen molar-refractivity contribution in [1.82, 2.24) is 14.3 Å². The first-order valence-electron chi connectivity index (χ1n) is 6.22. The van der Waals surface area contributed by atoms with Crippen molar-refractivity contribution < 1.29 is 13.5 Å². The molecule has 0 amide bonds. The number of sulfonamides is 1. The van der Waals surface area contributed by atoms with Gasteiger partial charge in [-0.2, -0.15) is 4.31 Å². The smallest absolute Gasteiger partial charge is 0.260 e. The van der Waals surface area contributed by atoms with Gasteiger partial charge in [0.15, 0.2) is 5.03 Å². The van der Waals surface area contributed by atoms with Crippen LogP contribution in [0.25, 0.3) is 0 Å². The molecule has 1 rings (SSSR count). The van der Waals surface area contributed by atoms with E-state index in [4.69, 9.17) is 5.11 Å². The summed E-state index contributed by atoms with van der Waals surface area (Å²) in [6, 6.07) is 0. The fraction of sp³-hybridized carbons (Fsp3) is 0.727. The molecular formula is C11H21N3O3S. The van der Waals surface area contributed by atoms with Crippen LogP contribution in [-0.4, -0.2) is 47.5 Å². The molecular weight excluding hydrogens is 254 g/mol. The third-order valence-corrected chi connectivity index (χ3v) is 4.53. The van der Waals surface area contributed by atoms with Crippen LogP contribution < -0.4 is 0 Å². The Bertz CT molecular complexity index is 417. The third kappa shape index (κ3) is 4.08. The highest BCUT2D eigenvalue weighted by molar-refractivity contribution is 7.89. The second-order valence-corrected chi connectivity index (χ2v) is 6.01. The molecule has 0 fully saturated rings. The lowest BCUT2D eigenvalue weighted by molar-refractivity contribution is 0.251. The predicted octanol–water partition coefficient (Wildman–Crippen LogP) is 0.973. The van der Waals surface area contributed by atoms with Gasteiger partial charge in [-0.05, 0) is 6.42 Å². The number of H-pyrrole nitrogens is 1. The van der Waals surface area contributed by atoms with Crippen LogP contribution >= 0.6 is 0 Å². The summed E-state index contributed by atoms with van der Waals surface area (Å²) < 4.78 is 25.7. The minimum absolute atomic E-state index is 0.0754. The minimum atomic E-state index is -3.55. The number of aromatic amines is 1. The summed E-state index contributed by atoms with van der Waals surface area (Å²) in [6.07, 6.45) is 6.62. The molecule has 0 aliphatic carbocycles. The van der Waals surface area contributed by atoms with Crippen LogP contribution in [0.2, 0.25) is 0 Å². The number of nitrogens with one attached hydrogen (secondary N) is 1. The second kappa shape index (κ2) is 7.50. The van der Waals surface area contributed by atoms with E-state index in [1.807, 2.05) is 0 Å². The van der Waals surface area contributed by atoms with Gasteiger partial charge in [0.2, 0.25) is 0 Å². The van der Waals surface area contributed by atoms with Crippen molar-refractivity contribution in [3.8, 4) is 0 Å². The normalized spacial score (nSPS) is 12.2. The van der Waals surface area contributed by atoms with Crippen molar-refractivity contribution in [3.05, 3.63) is 12.5 Å². The summed E-state index contributed by atoms with van der Waals surface area (Å²) >= 11 is 0. The largest absolute Gasteiger partial charge is 0.395 e. The van der Waals surface area contributed by atoms with Gasteiger partial charge in [-0.3, -0.25) is 0 Å². The number of hydrogen-bond donors (Lipinski definition) is 2. The highest BCUT2D eigenvalue weighted by Gasteiger charge is 2.24. The monoisotopic (exact) mass is 275 g/mol. The Balaban J connectivity index is 2.66. The highest BCUT2D eigenvalue weighted by atomic mass is 32.2. The molecule has 2 N–H and O–H groups in total. The molecule has 0 unspecified atom stereocenters. The van der Waals surface area contributed by atoms with Gasteiger partial charge in [0.1, 0.15) is 0 Å². The first-order valence-corrected chi connectivity index (χ1v) is 7.66. The number of aliphatic hydroxyl groups excluding tert-OH is 1. The molecule has 104 valence electrons. The zero-order valence-corrected chi connectivity index (χ0v) is 11.5. The van der Waals surface area contributed by atoms with Crippen molar-refractivity contribution in [2.45, 2.75) is 37.6 Å². The van der Waals surface area contributed by atoms with E-state index in [2.05, 4.69) is 16.9 Å². The fourth-order valence-electron chi connectivity index (χ4n) is 1.70. The molecule has 0 spiro atoms. The molecule has 0 aliphatic rings. The molecule has 0 saturated carbocycles. The van der Waals surface area contributed by atoms with Crippen LogP contribution in [0.1, 0.15) is 32.6 Å². The molecule has 6 nitrogen and oxygen atoms in total. The number of nitrogens with zero attached hydrogens (tertiary/aromatic N) is 2. The van der Waals surface area contributed by atoms with E-state index >= 15 is 0 Å². The summed E-state index contributed by atoms with van der Waals surface area (Å²) in [6.45, 7) is 2.48. The maximum absolute atomic E-state index is 12.2. The number of unbranched alkanes of at least 4 members (excludes halogenated alkanes) is 3. The Morgan fingerprint density at radius 3 is 2.67 bits per heavy atom. The molecule has 0 bridgehead atoms. The van der Waals surface area contributed by atoms with Crippen molar-refractivity contribution in [2.75, 3.05) is 19.7 Å². The Hall–Kier alpha value is -0.920. The van der Waals surface area contributed by atoms with Gasteiger partial charge in [0, 0.05) is 13.1 Å². The number of hydrogen-bond acceptors (Lipinski definition) is 4. The Morgan fingerprint density at radius 2 is 2.11 bits per heavy atom. The van der Waals surface area contributed by atoms with Gasteiger partial charge in [0.25, 0.3) is 10.0 Å². The molecule has 18 heavy (non-hydrogen) atoms.